The zero-order valence-corrected chi connectivity index (χ0v) is 9.90. The monoisotopic (exact) mass is 238 g/mol. The van der Waals surface area contributed by atoms with Crippen LogP contribution < -0.4 is 5.73 Å². The molecule has 0 fully saturated rings. The van der Waals surface area contributed by atoms with Crippen LogP contribution in [0.5, 0.6) is 0 Å². The minimum atomic E-state index is -0.148. The van der Waals surface area contributed by atoms with Gasteiger partial charge in [-0.1, -0.05) is 36.4 Å². The summed E-state index contributed by atoms with van der Waals surface area (Å²) in [5.41, 5.74) is 8.25. The van der Waals surface area contributed by atoms with Crippen LogP contribution in [0.1, 0.15) is 17.4 Å². The second-order valence-corrected chi connectivity index (χ2v) is 4.28. The molecule has 0 aliphatic rings. The van der Waals surface area contributed by atoms with Crippen LogP contribution in [0, 0.1) is 0 Å². The smallest absolute Gasteiger partial charge is 0.160 e. The van der Waals surface area contributed by atoms with Gasteiger partial charge in [-0.05, 0) is 24.1 Å². The maximum atomic E-state index is 6.21. The topological polar surface area (TPSA) is 56.2 Å². The largest absolute Gasteiger partial charge is 0.321 e. The molecule has 18 heavy (non-hydrogen) atoms. The van der Waals surface area contributed by atoms with Crippen molar-refractivity contribution in [1.82, 2.24) is 14.6 Å². The Balaban J connectivity index is 1.90. The minimum Gasteiger partial charge on any atom is -0.321 e. The van der Waals surface area contributed by atoms with E-state index in [2.05, 4.69) is 22.3 Å². The average Bonchev–Trinajstić information content (AvgIpc) is 2.84. The van der Waals surface area contributed by atoms with Crippen LogP contribution in [0.3, 0.4) is 0 Å². The fourth-order valence-electron chi connectivity index (χ4n) is 2.07. The van der Waals surface area contributed by atoms with Crippen molar-refractivity contribution in [3.63, 3.8) is 0 Å². The molecule has 0 unspecified atom stereocenters. The van der Waals surface area contributed by atoms with Crippen molar-refractivity contribution < 1.29 is 0 Å². The van der Waals surface area contributed by atoms with Crippen molar-refractivity contribution >= 4 is 5.65 Å². The molecule has 3 aromatic rings. The summed E-state index contributed by atoms with van der Waals surface area (Å²) in [6, 6.07) is 15.9. The first kappa shape index (κ1) is 10.9. The van der Waals surface area contributed by atoms with Gasteiger partial charge in [0.25, 0.3) is 0 Å². The number of fused-ring (bicyclic) bond motifs is 1. The average molecular weight is 238 g/mol. The molecule has 0 saturated heterocycles. The number of benzene rings is 1. The fraction of sp³-hybridized carbons (Fsp3) is 0.143. The lowest BCUT2D eigenvalue weighted by Gasteiger charge is -2.09. The van der Waals surface area contributed by atoms with E-state index in [1.54, 1.807) is 0 Å². The number of hydrogen-bond donors (Lipinski definition) is 1. The molecule has 2 aromatic heterocycles. The first-order valence-electron chi connectivity index (χ1n) is 5.94. The second-order valence-electron chi connectivity index (χ2n) is 4.28. The fourth-order valence-corrected chi connectivity index (χ4v) is 2.07. The minimum absolute atomic E-state index is 0.148. The standard InChI is InChI=1S/C14H14N4/c15-12(10-11-6-2-1-3-7-11)14-17-16-13-8-4-5-9-18(13)14/h1-9,12H,10,15H2/t12-/m0/s1. The summed E-state index contributed by atoms with van der Waals surface area (Å²) in [7, 11) is 0. The van der Waals surface area contributed by atoms with Gasteiger partial charge < -0.3 is 5.73 Å². The Labute approximate surface area is 105 Å². The van der Waals surface area contributed by atoms with Gasteiger partial charge in [0.15, 0.2) is 11.5 Å². The van der Waals surface area contributed by atoms with Gasteiger partial charge in [-0.25, -0.2) is 0 Å². The zero-order chi connectivity index (χ0) is 12.4. The molecule has 0 bridgehead atoms. The van der Waals surface area contributed by atoms with Crippen molar-refractivity contribution in [3.8, 4) is 0 Å². The van der Waals surface area contributed by atoms with Crippen LogP contribution in [-0.4, -0.2) is 14.6 Å². The maximum Gasteiger partial charge on any atom is 0.160 e. The van der Waals surface area contributed by atoms with Crippen LogP contribution in [0.4, 0.5) is 0 Å². The summed E-state index contributed by atoms with van der Waals surface area (Å²) >= 11 is 0. The first-order chi connectivity index (χ1) is 8.84. The number of hydrogen-bond acceptors (Lipinski definition) is 3. The van der Waals surface area contributed by atoms with Gasteiger partial charge in [0.05, 0.1) is 6.04 Å². The quantitative estimate of drug-likeness (QED) is 0.759. The molecular weight excluding hydrogens is 224 g/mol. The molecular formula is C14H14N4. The van der Waals surface area contributed by atoms with E-state index in [0.29, 0.717) is 0 Å². The van der Waals surface area contributed by atoms with E-state index in [4.69, 9.17) is 5.73 Å². The van der Waals surface area contributed by atoms with E-state index >= 15 is 0 Å². The summed E-state index contributed by atoms with van der Waals surface area (Å²) < 4.78 is 1.94. The molecule has 0 spiro atoms. The second kappa shape index (κ2) is 4.58. The lowest BCUT2D eigenvalue weighted by molar-refractivity contribution is 0.658. The Hall–Kier alpha value is -2.20. The third kappa shape index (κ3) is 1.98. The summed E-state index contributed by atoms with van der Waals surface area (Å²) in [6.07, 6.45) is 2.70. The van der Waals surface area contributed by atoms with Crippen molar-refractivity contribution in [2.24, 2.45) is 5.73 Å². The molecule has 2 N–H and O–H groups in total. The maximum absolute atomic E-state index is 6.21. The van der Waals surface area contributed by atoms with Crippen LogP contribution in [0.2, 0.25) is 0 Å². The van der Waals surface area contributed by atoms with Crippen LogP contribution in [0.15, 0.2) is 54.7 Å². The van der Waals surface area contributed by atoms with Crippen molar-refractivity contribution in [2.45, 2.75) is 12.5 Å². The van der Waals surface area contributed by atoms with E-state index in [1.165, 1.54) is 5.56 Å². The molecule has 2 heterocycles. The first-order valence-corrected chi connectivity index (χ1v) is 5.94. The molecule has 0 amide bonds. The van der Waals surface area contributed by atoms with E-state index in [9.17, 15) is 0 Å². The van der Waals surface area contributed by atoms with Gasteiger partial charge in [-0.15, -0.1) is 10.2 Å². The number of rotatable bonds is 3. The molecule has 0 radical (unpaired) electrons. The SMILES string of the molecule is N[C@@H](Cc1ccccc1)c1nnc2ccccn12. The highest BCUT2D eigenvalue weighted by Gasteiger charge is 2.13. The zero-order valence-electron chi connectivity index (χ0n) is 9.90. The molecule has 0 aliphatic heterocycles. The molecule has 0 saturated carbocycles. The molecule has 1 aromatic carbocycles. The van der Waals surface area contributed by atoms with Crippen molar-refractivity contribution in [2.75, 3.05) is 0 Å². The van der Waals surface area contributed by atoms with Crippen LogP contribution in [-0.2, 0) is 6.42 Å². The summed E-state index contributed by atoms with van der Waals surface area (Å²) in [5.74, 6) is 0.800. The van der Waals surface area contributed by atoms with Gasteiger partial charge in [0.2, 0.25) is 0 Å². The highest BCUT2D eigenvalue weighted by atomic mass is 15.3. The Morgan fingerprint density at radius 2 is 1.78 bits per heavy atom. The third-order valence-corrected chi connectivity index (χ3v) is 2.97. The summed E-state index contributed by atoms with van der Waals surface area (Å²) in [4.78, 5) is 0. The number of pyridine rings is 1. The van der Waals surface area contributed by atoms with Crippen molar-refractivity contribution in [1.29, 1.82) is 0 Å². The summed E-state index contributed by atoms with van der Waals surface area (Å²) in [5, 5.41) is 8.29. The Kier molecular flexibility index (Phi) is 2.78. The molecule has 90 valence electrons. The van der Waals surface area contributed by atoms with E-state index < -0.39 is 0 Å². The highest BCUT2D eigenvalue weighted by Crippen LogP contribution is 2.15. The van der Waals surface area contributed by atoms with Gasteiger partial charge in [0, 0.05) is 6.20 Å². The normalized spacial score (nSPS) is 12.7. The van der Waals surface area contributed by atoms with Gasteiger partial charge >= 0.3 is 0 Å². The molecule has 4 nitrogen and oxygen atoms in total. The van der Waals surface area contributed by atoms with Crippen molar-refractivity contribution in [3.05, 3.63) is 66.1 Å². The van der Waals surface area contributed by atoms with Crippen LogP contribution in [0.25, 0.3) is 5.65 Å². The lowest BCUT2D eigenvalue weighted by atomic mass is 10.1. The van der Waals surface area contributed by atoms with Gasteiger partial charge in [0.1, 0.15) is 0 Å². The number of aromatic nitrogens is 3. The highest BCUT2D eigenvalue weighted by molar-refractivity contribution is 5.37. The van der Waals surface area contributed by atoms with Gasteiger partial charge in [-0.2, -0.15) is 0 Å². The predicted molar refractivity (Wildman–Crippen MR) is 70.1 cm³/mol. The van der Waals surface area contributed by atoms with Gasteiger partial charge in [-0.3, -0.25) is 4.40 Å². The molecule has 1 atom stereocenters. The molecule has 4 heteroatoms. The summed E-state index contributed by atoms with van der Waals surface area (Å²) in [6.45, 7) is 0. The Morgan fingerprint density at radius 3 is 2.61 bits per heavy atom. The Bertz CT molecular complexity index is 645. The lowest BCUT2D eigenvalue weighted by Crippen LogP contribution is -2.16. The van der Waals surface area contributed by atoms with E-state index in [1.807, 2.05) is 47.0 Å². The number of nitrogens with zero attached hydrogens (tertiary/aromatic N) is 3. The predicted octanol–water partition coefficient (Wildman–Crippen LogP) is 1.97. The van der Waals surface area contributed by atoms with E-state index in [-0.39, 0.29) is 6.04 Å². The Morgan fingerprint density at radius 1 is 1.00 bits per heavy atom. The third-order valence-electron chi connectivity index (χ3n) is 2.97. The molecule has 0 aliphatic carbocycles. The number of nitrogens with two attached hydrogens (primary N) is 1. The van der Waals surface area contributed by atoms with E-state index in [0.717, 1.165) is 17.9 Å². The van der Waals surface area contributed by atoms with Crippen LogP contribution >= 0.6 is 0 Å². The molecule has 3 rings (SSSR count).